The summed E-state index contributed by atoms with van der Waals surface area (Å²) in [6.45, 7) is 0. The van der Waals surface area contributed by atoms with E-state index in [0.29, 0.717) is 0 Å². The Labute approximate surface area is 46.2 Å². The van der Waals surface area contributed by atoms with Crippen molar-refractivity contribution in [3.63, 3.8) is 0 Å². The number of hydrogen-bond donors (Lipinski definition) is 3. The van der Waals surface area contributed by atoms with Crippen LogP contribution in [-0.4, -0.2) is 14.7 Å². The molecule has 1 radical (unpaired) electrons. The summed E-state index contributed by atoms with van der Waals surface area (Å²) in [6.07, 6.45) is 0. The van der Waals surface area contributed by atoms with E-state index in [-0.39, 0.29) is 22.4 Å². The van der Waals surface area contributed by atoms with E-state index in [1.807, 2.05) is 0 Å². The van der Waals surface area contributed by atoms with Crippen LogP contribution in [0.2, 0.25) is 0 Å². The van der Waals surface area contributed by atoms with Crippen molar-refractivity contribution in [2.24, 2.45) is 0 Å². The molecule has 0 saturated heterocycles. The Morgan fingerprint density at radius 3 is 1.00 bits per heavy atom. The third kappa shape index (κ3) is 42.6. The Bertz CT molecular complexity index is 11.6. The van der Waals surface area contributed by atoms with Crippen LogP contribution in [-0.2, 0) is 22.4 Å². The molecule has 0 amide bonds. The second kappa shape index (κ2) is 5.05. The van der Waals surface area contributed by atoms with Crippen molar-refractivity contribution in [2.45, 2.75) is 0 Å². The van der Waals surface area contributed by atoms with Gasteiger partial charge in [-0.3, -0.25) is 0 Å². The van der Waals surface area contributed by atoms with Crippen LogP contribution in [0.25, 0.3) is 0 Å². The van der Waals surface area contributed by atoms with Crippen molar-refractivity contribution in [1.29, 1.82) is 0 Å². The normalized spacial score (nSPS) is 7.20. The van der Waals surface area contributed by atoms with Gasteiger partial charge in [-0.2, -0.15) is 0 Å². The third-order valence-electron chi connectivity index (χ3n) is 0. The van der Waals surface area contributed by atoms with Gasteiger partial charge in [0.2, 0.25) is 0 Å². The zero-order valence-corrected chi connectivity index (χ0v) is 4.47. The maximum Gasteiger partial charge on any atom is 0.324 e. The molecule has 0 aliphatic carbocycles. The largest absolute Gasteiger partial charge is 0.328 e. The molecule has 0 aliphatic rings. The molecule has 0 fully saturated rings. The zero-order valence-electron chi connectivity index (χ0n) is 2.09. The fourth-order valence-electron chi connectivity index (χ4n) is 0. The van der Waals surface area contributed by atoms with Crippen molar-refractivity contribution in [3.05, 3.63) is 0 Å². The van der Waals surface area contributed by atoms with E-state index in [1.54, 1.807) is 0 Å². The predicted molar refractivity (Wildman–Crippen MR) is 13.6 cm³/mol. The van der Waals surface area contributed by atoms with Gasteiger partial charge in [-0.15, -0.1) is 0 Å². The molecule has 0 aromatic carbocycles. The first-order valence-electron chi connectivity index (χ1n) is 0.600. The van der Waals surface area contributed by atoms with Gasteiger partial charge in [0.1, 0.15) is 0 Å². The summed E-state index contributed by atoms with van der Waals surface area (Å²) in [5.74, 6) is 0. The first-order valence-corrected chi connectivity index (χ1v) is 1.80. The van der Waals surface area contributed by atoms with Crippen molar-refractivity contribution >= 4 is 8.60 Å². The maximum absolute atomic E-state index is 7.23. The van der Waals surface area contributed by atoms with Crippen LogP contribution in [0.4, 0.5) is 0 Å². The topological polar surface area (TPSA) is 60.7 Å². The molecule has 0 spiro atoms. The Kier molecular flexibility index (Phi) is 9.50. The Morgan fingerprint density at radius 2 is 1.00 bits per heavy atom. The molecule has 0 aromatic heterocycles. The van der Waals surface area contributed by atoms with Gasteiger partial charge in [0.15, 0.2) is 0 Å². The second-order valence-corrected chi connectivity index (χ2v) is 0.805. The van der Waals surface area contributed by atoms with Gasteiger partial charge in [-0.05, 0) is 0 Å². The van der Waals surface area contributed by atoms with Gasteiger partial charge in [-0.1, -0.05) is 0 Å². The average Bonchev–Trinajstić information content (AvgIpc) is 0.811. The van der Waals surface area contributed by atoms with Gasteiger partial charge in [0.25, 0.3) is 0 Å². The van der Waals surface area contributed by atoms with Crippen LogP contribution in [0, 0.1) is 0 Å². The maximum atomic E-state index is 7.23. The van der Waals surface area contributed by atoms with Gasteiger partial charge < -0.3 is 14.7 Å². The predicted octanol–water partition coefficient (Wildman–Crippen LogP) is -0.812. The summed E-state index contributed by atoms with van der Waals surface area (Å²) in [5, 5.41) is 0. The van der Waals surface area contributed by atoms with E-state index >= 15 is 0 Å². The Morgan fingerprint density at radius 1 is 1.00 bits per heavy atom. The molecule has 0 aromatic rings. The Hall–Kier alpha value is 1.05. The molecule has 3 nitrogen and oxygen atoms in total. The van der Waals surface area contributed by atoms with Crippen LogP contribution in [0.3, 0.4) is 0 Å². The van der Waals surface area contributed by atoms with Crippen molar-refractivity contribution in [2.75, 3.05) is 0 Å². The van der Waals surface area contributed by atoms with E-state index < -0.39 is 8.60 Å². The van der Waals surface area contributed by atoms with Crippen LogP contribution < -0.4 is 0 Å². The minimum absolute atomic E-state index is 0. The summed E-state index contributed by atoms with van der Waals surface area (Å²) in [7, 11) is -2.62. The Balaban J connectivity index is 0. The molecular weight excluding hydrogens is 187 g/mol. The minimum Gasteiger partial charge on any atom is -0.328 e. The molecule has 0 unspecified atom stereocenters. The first kappa shape index (κ1) is 9.41. The van der Waals surface area contributed by atoms with Gasteiger partial charge in [-0.25, -0.2) is 0 Å². The number of rotatable bonds is 0. The standard InChI is InChI=1S/Ag.H3O3P/c;1-4(2)3/h;1-3H. The molecule has 0 aliphatic heterocycles. The molecule has 0 bridgehead atoms. The van der Waals surface area contributed by atoms with Crippen molar-refractivity contribution < 1.29 is 37.1 Å². The van der Waals surface area contributed by atoms with Crippen LogP contribution in [0.15, 0.2) is 0 Å². The quantitative estimate of drug-likeness (QED) is 0.345. The molecule has 0 saturated carbocycles. The monoisotopic (exact) mass is 189 g/mol. The van der Waals surface area contributed by atoms with Crippen LogP contribution in [0.1, 0.15) is 0 Å². The van der Waals surface area contributed by atoms with E-state index in [0.717, 1.165) is 0 Å². The SMILES string of the molecule is OP(O)O.[Ag]. The molecule has 0 heterocycles. The van der Waals surface area contributed by atoms with Gasteiger partial charge in [0.05, 0.1) is 0 Å². The van der Waals surface area contributed by atoms with E-state index in [1.165, 1.54) is 0 Å². The molecule has 0 rings (SSSR count). The molecule has 0 atom stereocenters. The van der Waals surface area contributed by atoms with Crippen molar-refractivity contribution in [3.8, 4) is 0 Å². The number of hydrogen-bond acceptors (Lipinski definition) is 3. The van der Waals surface area contributed by atoms with Crippen LogP contribution in [0.5, 0.6) is 0 Å². The van der Waals surface area contributed by atoms with Crippen molar-refractivity contribution in [1.82, 2.24) is 0 Å². The summed E-state index contributed by atoms with van der Waals surface area (Å²) in [6, 6.07) is 0. The van der Waals surface area contributed by atoms with Gasteiger partial charge >= 0.3 is 8.60 Å². The summed E-state index contributed by atoms with van der Waals surface area (Å²) in [4.78, 5) is 21.7. The minimum atomic E-state index is -2.62. The second-order valence-electron chi connectivity index (χ2n) is 0.268. The molecule has 5 heteroatoms. The third-order valence-corrected chi connectivity index (χ3v) is 0. The molecular formula is H3AgO3P. The average molecular weight is 190 g/mol. The van der Waals surface area contributed by atoms with E-state index in [2.05, 4.69) is 0 Å². The smallest absolute Gasteiger partial charge is 0.324 e. The summed E-state index contributed by atoms with van der Waals surface area (Å²) in [5.41, 5.74) is 0. The summed E-state index contributed by atoms with van der Waals surface area (Å²) < 4.78 is 0. The van der Waals surface area contributed by atoms with Gasteiger partial charge in [0, 0.05) is 22.4 Å². The van der Waals surface area contributed by atoms with E-state index in [4.69, 9.17) is 14.7 Å². The fourth-order valence-corrected chi connectivity index (χ4v) is 0. The molecule has 3 N–H and O–H groups in total. The molecule has 37 valence electrons. The zero-order chi connectivity index (χ0) is 3.58. The van der Waals surface area contributed by atoms with E-state index in [9.17, 15) is 0 Å². The summed E-state index contributed by atoms with van der Waals surface area (Å²) >= 11 is 0. The first-order chi connectivity index (χ1) is 1.73. The molecule has 5 heavy (non-hydrogen) atoms. The van der Waals surface area contributed by atoms with Crippen LogP contribution >= 0.6 is 8.60 Å². The fraction of sp³-hybridized carbons (Fsp3) is 0.